The third-order valence-corrected chi connectivity index (χ3v) is 7.67. The highest BCUT2D eigenvalue weighted by atomic mass is 32.1. The van der Waals surface area contributed by atoms with Gasteiger partial charge in [-0.05, 0) is 35.6 Å². The summed E-state index contributed by atoms with van der Waals surface area (Å²) in [6.07, 6.45) is 3.33. The number of anilines is 1. The topological polar surface area (TPSA) is 55.3 Å². The molecule has 0 unspecified atom stereocenters. The molecule has 2 heterocycles. The average molecular weight is 534 g/mol. The molecule has 0 N–H and O–H groups in total. The Bertz CT molecular complexity index is 1500. The summed E-state index contributed by atoms with van der Waals surface area (Å²) in [6.45, 7) is 2.54. The lowest BCUT2D eigenvalue weighted by Crippen LogP contribution is -2.33. The fraction of sp³-hybridized carbons (Fsp3) is 0.182. The van der Waals surface area contributed by atoms with Crippen molar-refractivity contribution in [3.8, 4) is 28.3 Å². The number of thiazole rings is 1. The molecule has 0 bridgehead atoms. The normalized spacial score (nSPS) is 11.6. The van der Waals surface area contributed by atoms with Gasteiger partial charge in [-0.15, -0.1) is 11.3 Å². The number of carbonyl (C=O) groups is 1. The summed E-state index contributed by atoms with van der Waals surface area (Å²) >= 11 is 1.48. The van der Waals surface area contributed by atoms with E-state index in [1.54, 1.807) is 4.90 Å². The van der Waals surface area contributed by atoms with Crippen LogP contribution in [0.25, 0.3) is 22.4 Å². The number of benzene rings is 3. The predicted octanol–water partition coefficient (Wildman–Crippen LogP) is 7.68. The zero-order valence-corrected chi connectivity index (χ0v) is 23.0. The quantitative estimate of drug-likeness (QED) is 0.185. The van der Waals surface area contributed by atoms with Crippen LogP contribution in [0.3, 0.4) is 0 Å². The number of amides is 1. The third-order valence-electron chi connectivity index (χ3n) is 6.76. The zero-order chi connectivity index (χ0) is 27.0. The summed E-state index contributed by atoms with van der Waals surface area (Å²) in [4.78, 5) is 24.5. The van der Waals surface area contributed by atoms with E-state index in [0.29, 0.717) is 17.6 Å². The third kappa shape index (κ3) is 6.41. The maximum atomic E-state index is 13.4. The number of hydrogen-bond acceptors (Lipinski definition) is 5. The number of rotatable bonds is 10. The molecule has 0 fully saturated rings. The van der Waals surface area contributed by atoms with E-state index < -0.39 is 0 Å². The van der Waals surface area contributed by atoms with Crippen LogP contribution in [0.4, 0.5) is 5.13 Å². The minimum Gasteiger partial charge on any atom is -0.473 e. The number of carbonyl (C=O) groups excluding carboxylic acids is 1. The molecule has 5 rings (SSSR count). The summed E-state index contributed by atoms with van der Waals surface area (Å²) in [5, 5.41) is 2.71. The van der Waals surface area contributed by atoms with E-state index in [0.717, 1.165) is 40.8 Å². The molecule has 0 radical (unpaired) electrons. The molecule has 1 atom stereocenters. The fourth-order valence-corrected chi connectivity index (χ4v) is 5.33. The molecule has 5 aromatic rings. The van der Waals surface area contributed by atoms with Gasteiger partial charge in [-0.3, -0.25) is 9.69 Å². The maximum absolute atomic E-state index is 13.4. The standard InChI is InChI=1S/C33H31N3O2S/c1-3-26(20-24-12-6-4-7-13-24)32(37)36(2)33-35-30(23-39-33)29-17-11-10-16-28(29)27-18-19-31(34-21-27)38-22-25-14-8-5-9-15-25/h4-19,21,23,26H,3,20,22H2,1-2H3/t26-/m1/s1. The van der Waals surface area contributed by atoms with Crippen molar-refractivity contribution in [1.82, 2.24) is 9.97 Å². The largest absolute Gasteiger partial charge is 0.473 e. The molecule has 0 saturated heterocycles. The molecule has 5 nitrogen and oxygen atoms in total. The van der Waals surface area contributed by atoms with E-state index in [-0.39, 0.29) is 11.8 Å². The lowest BCUT2D eigenvalue weighted by atomic mass is 9.96. The fourth-order valence-electron chi connectivity index (χ4n) is 4.53. The highest BCUT2D eigenvalue weighted by molar-refractivity contribution is 7.14. The van der Waals surface area contributed by atoms with Crippen molar-refractivity contribution in [2.24, 2.45) is 5.92 Å². The van der Waals surface area contributed by atoms with Crippen LogP contribution < -0.4 is 9.64 Å². The molecule has 196 valence electrons. The molecule has 0 saturated carbocycles. The number of aromatic nitrogens is 2. The minimum atomic E-state index is -0.0919. The molecule has 6 heteroatoms. The number of pyridine rings is 1. The molecule has 3 aromatic carbocycles. The van der Waals surface area contributed by atoms with E-state index in [1.807, 2.05) is 91.4 Å². The molecular formula is C33H31N3O2S. The van der Waals surface area contributed by atoms with E-state index >= 15 is 0 Å². The first-order chi connectivity index (χ1) is 19.1. The predicted molar refractivity (Wildman–Crippen MR) is 159 cm³/mol. The van der Waals surface area contributed by atoms with Crippen LogP contribution in [-0.4, -0.2) is 22.9 Å². The van der Waals surface area contributed by atoms with Crippen molar-refractivity contribution in [2.45, 2.75) is 26.4 Å². The van der Waals surface area contributed by atoms with Gasteiger partial charge in [0.25, 0.3) is 0 Å². The lowest BCUT2D eigenvalue weighted by molar-refractivity contribution is -0.122. The number of ether oxygens (including phenoxy) is 1. The molecule has 0 aliphatic heterocycles. The van der Waals surface area contributed by atoms with Gasteiger partial charge in [-0.1, -0.05) is 91.9 Å². The number of nitrogens with zero attached hydrogens (tertiary/aromatic N) is 3. The first-order valence-corrected chi connectivity index (χ1v) is 14.0. The average Bonchev–Trinajstić information content (AvgIpc) is 3.50. The van der Waals surface area contributed by atoms with Crippen molar-refractivity contribution in [3.63, 3.8) is 0 Å². The van der Waals surface area contributed by atoms with E-state index in [4.69, 9.17) is 9.72 Å². The van der Waals surface area contributed by atoms with Gasteiger partial charge in [-0.2, -0.15) is 0 Å². The van der Waals surface area contributed by atoms with Gasteiger partial charge in [0, 0.05) is 41.7 Å². The number of hydrogen-bond donors (Lipinski definition) is 0. The van der Waals surface area contributed by atoms with Gasteiger partial charge < -0.3 is 4.74 Å². The van der Waals surface area contributed by atoms with Gasteiger partial charge in [0.15, 0.2) is 5.13 Å². The van der Waals surface area contributed by atoms with E-state index in [9.17, 15) is 4.79 Å². The van der Waals surface area contributed by atoms with Crippen molar-refractivity contribution in [1.29, 1.82) is 0 Å². The van der Waals surface area contributed by atoms with Crippen LogP contribution in [0, 0.1) is 5.92 Å². The smallest absolute Gasteiger partial charge is 0.231 e. The second kappa shape index (κ2) is 12.5. The van der Waals surface area contributed by atoms with Gasteiger partial charge in [0.1, 0.15) is 6.61 Å². The molecule has 2 aromatic heterocycles. The highest BCUT2D eigenvalue weighted by Gasteiger charge is 2.24. The molecular weight excluding hydrogens is 502 g/mol. The van der Waals surface area contributed by atoms with Gasteiger partial charge >= 0.3 is 0 Å². The Balaban J connectivity index is 1.31. The van der Waals surface area contributed by atoms with Crippen LogP contribution in [0.15, 0.2) is 109 Å². The summed E-state index contributed by atoms with van der Waals surface area (Å²) in [5.74, 6) is 0.578. The SMILES string of the molecule is CC[C@H](Cc1ccccc1)C(=O)N(C)c1nc(-c2ccccc2-c2ccc(OCc3ccccc3)nc2)cs1. The van der Waals surface area contributed by atoms with Gasteiger partial charge in [-0.25, -0.2) is 9.97 Å². The lowest BCUT2D eigenvalue weighted by Gasteiger charge is -2.21. The Hall–Kier alpha value is -4.29. The molecule has 0 aliphatic carbocycles. The second-order valence-electron chi connectivity index (χ2n) is 9.41. The Morgan fingerprint density at radius 2 is 1.54 bits per heavy atom. The van der Waals surface area contributed by atoms with Crippen LogP contribution >= 0.6 is 11.3 Å². The monoisotopic (exact) mass is 533 g/mol. The maximum Gasteiger partial charge on any atom is 0.231 e. The van der Waals surface area contributed by atoms with Gasteiger partial charge in [0.05, 0.1) is 5.69 Å². The van der Waals surface area contributed by atoms with Crippen LogP contribution in [-0.2, 0) is 17.8 Å². The van der Waals surface area contributed by atoms with Crippen molar-refractivity contribution >= 4 is 22.4 Å². The van der Waals surface area contributed by atoms with Crippen molar-refractivity contribution < 1.29 is 9.53 Å². The van der Waals surface area contributed by atoms with Crippen LogP contribution in [0.1, 0.15) is 24.5 Å². The summed E-state index contributed by atoms with van der Waals surface area (Å²) in [5.41, 5.74) is 6.11. The first kappa shape index (κ1) is 26.3. The Labute approximate surface area is 233 Å². The van der Waals surface area contributed by atoms with E-state index in [2.05, 4.69) is 36.2 Å². The molecule has 0 aliphatic rings. The first-order valence-electron chi connectivity index (χ1n) is 13.1. The second-order valence-corrected chi connectivity index (χ2v) is 10.2. The molecule has 1 amide bonds. The van der Waals surface area contributed by atoms with E-state index in [1.165, 1.54) is 16.9 Å². The molecule has 0 spiro atoms. The summed E-state index contributed by atoms with van der Waals surface area (Å²) < 4.78 is 5.86. The Morgan fingerprint density at radius 1 is 0.872 bits per heavy atom. The summed E-state index contributed by atoms with van der Waals surface area (Å²) in [6, 6.07) is 32.3. The van der Waals surface area contributed by atoms with Gasteiger partial charge in [0.2, 0.25) is 11.8 Å². The Kier molecular flexibility index (Phi) is 8.44. The van der Waals surface area contributed by atoms with Crippen LogP contribution in [0.2, 0.25) is 0 Å². The summed E-state index contributed by atoms with van der Waals surface area (Å²) in [7, 11) is 1.82. The Morgan fingerprint density at radius 3 is 2.21 bits per heavy atom. The van der Waals surface area contributed by atoms with Crippen LogP contribution in [0.5, 0.6) is 5.88 Å². The molecule has 39 heavy (non-hydrogen) atoms. The minimum absolute atomic E-state index is 0.0887. The zero-order valence-electron chi connectivity index (χ0n) is 22.2. The van der Waals surface area contributed by atoms with Crippen molar-refractivity contribution in [2.75, 3.05) is 11.9 Å². The van der Waals surface area contributed by atoms with Crippen molar-refractivity contribution in [3.05, 3.63) is 120 Å². The highest BCUT2D eigenvalue weighted by Crippen LogP contribution is 2.35.